The minimum Gasteiger partial charge on any atom is -0.372 e. The van der Waals surface area contributed by atoms with Crippen LogP contribution in [0.2, 0.25) is 0 Å². The van der Waals surface area contributed by atoms with Crippen LogP contribution in [-0.4, -0.2) is 78.0 Å². The lowest BCUT2D eigenvalue weighted by Gasteiger charge is -2.11. The number of nitrogens with zero attached hydrogens (tertiary/aromatic N) is 3. The summed E-state index contributed by atoms with van der Waals surface area (Å²) in [6, 6.07) is 0. The number of aromatic nitrogens is 6. The second-order valence-electron chi connectivity index (χ2n) is 7.79. The zero-order valence-corrected chi connectivity index (χ0v) is 22.6. The first-order valence-electron chi connectivity index (χ1n) is 11.2. The van der Waals surface area contributed by atoms with Crippen LogP contribution in [-0.2, 0) is 33.8 Å². The van der Waals surface area contributed by atoms with Crippen LogP contribution in [0.25, 0.3) is 0 Å². The van der Waals surface area contributed by atoms with Gasteiger partial charge in [-0.2, -0.15) is 0 Å². The first kappa shape index (κ1) is 31.2. The fourth-order valence-corrected chi connectivity index (χ4v) is 2.77. The Morgan fingerprint density at radius 3 is 1.32 bits per heavy atom. The summed E-state index contributed by atoms with van der Waals surface area (Å²) in [5.74, 6) is 0.667. The molecule has 15 nitrogen and oxygen atoms in total. The minimum absolute atomic E-state index is 0.0645. The predicted octanol–water partition coefficient (Wildman–Crippen LogP) is -1.90. The van der Waals surface area contributed by atoms with E-state index in [0.29, 0.717) is 25.2 Å². The molecule has 2 aromatic heterocycles. The van der Waals surface area contributed by atoms with Crippen molar-refractivity contribution in [2.24, 2.45) is 0 Å². The predicted molar refractivity (Wildman–Crippen MR) is 142 cm³/mol. The molecule has 3 unspecified atom stereocenters. The van der Waals surface area contributed by atoms with E-state index >= 15 is 0 Å². The highest BCUT2D eigenvalue weighted by atomic mass is 79.9. The van der Waals surface area contributed by atoms with Gasteiger partial charge in [0.1, 0.15) is 0 Å². The van der Waals surface area contributed by atoms with Gasteiger partial charge in [-0.05, 0) is 0 Å². The van der Waals surface area contributed by atoms with Crippen molar-refractivity contribution >= 4 is 27.5 Å². The van der Waals surface area contributed by atoms with Crippen LogP contribution < -0.4 is 34.1 Å². The molecule has 0 amide bonds. The van der Waals surface area contributed by atoms with Gasteiger partial charge in [-0.1, -0.05) is 28.1 Å². The van der Waals surface area contributed by atoms with Gasteiger partial charge >= 0.3 is 34.1 Å². The standard InChI is InChI=1S/C12H15N3O5.C3H5Br.C3H5ClO.C3H3N3O3/c1-2-3-13-10(16)14(4-8-6-19-8)12(18)15(11(13)17)5-9-7-20-9;1-2-3-4;4-1-3-2-5-3;7-1-4-2(8)6-3(9)5-1/h2,8-9H,1,3-7H2;2H,1,3H2;3H,1-2H2;(H3,4,5,6,7,8,9). The van der Waals surface area contributed by atoms with E-state index in [0.717, 1.165) is 25.6 Å². The summed E-state index contributed by atoms with van der Waals surface area (Å²) in [6.45, 7) is 9.28. The second-order valence-corrected chi connectivity index (χ2v) is 8.75. The maximum Gasteiger partial charge on any atom is 0.336 e. The molecular weight excluding hydrogens is 596 g/mol. The Kier molecular flexibility index (Phi) is 12.6. The average Bonchev–Trinajstić information content (AvgIpc) is 3.73. The number of rotatable bonds is 8. The molecule has 3 atom stereocenters. The van der Waals surface area contributed by atoms with E-state index in [1.165, 1.54) is 6.08 Å². The molecule has 0 radical (unpaired) electrons. The van der Waals surface area contributed by atoms with E-state index in [2.05, 4.69) is 29.1 Å². The van der Waals surface area contributed by atoms with Crippen LogP contribution in [0.3, 0.4) is 0 Å². The number of hydrogen-bond acceptors (Lipinski definition) is 9. The van der Waals surface area contributed by atoms with E-state index in [1.54, 1.807) is 21.0 Å². The number of hydrogen-bond donors (Lipinski definition) is 3. The van der Waals surface area contributed by atoms with E-state index in [-0.39, 0.29) is 31.8 Å². The van der Waals surface area contributed by atoms with Crippen molar-refractivity contribution in [1.29, 1.82) is 0 Å². The van der Waals surface area contributed by atoms with Crippen LogP contribution >= 0.6 is 27.5 Å². The molecule has 5 rings (SSSR count). The Labute approximate surface area is 227 Å². The number of halogens is 2. The monoisotopic (exact) mass is 622 g/mol. The fraction of sp³-hybridized carbons (Fsp3) is 0.524. The zero-order chi connectivity index (χ0) is 28.2. The second kappa shape index (κ2) is 15.4. The van der Waals surface area contributed by atoms with Crippen molar-refractivity contribution in [1.82, 2.24) is 28.7 Å². The molecule has 2 aromatic rings. The molecule has 0 aliphatic carbocycles. The zero-order valence-electron chi connectivity index (χ0n) is 20.2. The van der Waals surface area contributed by atoms with E-state index in [1.807, 2.05) is 0 Å². The molecule has 3 N–H and O–H groups in total. The van der Waals surface area contributed by atoms with Gasteiger partial charge < -0.3 is 14.2 Å². The Morgan fingerprint density at radius 1 is 0.737 bits per heavy atom. The van der Waals surface area contributed by atoms with Gasteiger partial charge in [-0.25, -0.2) is 42.5 Å². The van der Waals surface area contributed by atoms with Crippen LogP contribution in [0.5, 0.6) is 0 Å². The lowest BCUT2D eigenvalue weighted by molar-refractivity contribution is 0.343. The maximum atomic E-state index is 12.3. The van der Waals surface area contributed by atoms with Gasteiger partial charge in [0.25, 0.3) is 0 Å². The summed E-state index contributed by atoms with van der Waals surface area (Å²) < 4.78 is 17.9. The van der Waals surface area contributed by atoms with Crippen molar-refractivity contribution in [3.63, 3.8) is 0 Å². The number of alkyl halides is 2. The highest BCUT2D eigenvalue weighted by Crippen LogP contribution is 2.10. The van der Waals surface area contributed by atoms with Crippen molar-refractivity contribution in [3.05, 3.63) is 88.2 Å². The van der Waals surface area contributed by atoms with E-state index in [4.69, 9.17) is 25.8 Å². The van der Waals surface area contributed by atoms with Gasteiger partial charge in [-0.15, -0.1) is 24.8 Å². The first-order chi connectivity index (χ1) is 18.1. The molecule has 0 aromatic carbocycles. The van der Waals surface area contributed by atoms with Gasteiger partial charge in [0.15, 0.2) is 0 Å². The van der Waals surface area contributed by atoms with E-state index in [9.17, 15) is 28.8 Å². The molecule has 5 heterocycles. The lowest BCUT2D eigenvalue weighted by Crippen LogP contribution is -2.55. The van der Waals surface area contributed by atoms with Crippen LogP contribution in [0.15, 0.2) is 54.1 Å². The molecule has 0 spiro atoms. The third kappa shape index (κ3) is 10.7. The Morgan fingerprint density at radius 2 is 1.08 bits per heavy atom. The van der Waals surface area contributed by atoms with Gasteiger partial charge in [0.05, 0.1) is 63.6 Å². The van der Waals surface area contributed by atoms with Gasteiger partial charge in [0, 0.05) is 5.33 Å². The number of aromatic amines is 3. The molecule has 3 aliphatic heterocycles. The van der Waals surface area contributed by atoms with Crippen LogP contribution in [0, 0.1) is 0 Å². The molecule has 38 heavy (non-hydrogen) atoms. The Bertz CT molecular complexity index is 1300. The number of epoxide rings is 3. The lowest BCUT2D eigenvalue weighted by atomic mass is 10.4. The summed E-state index contributed by atoms with van der Waals surface area (Å²) in [7, 11) is 0. The summed E-state index contributed by atoms with van der Waals surface area (Å²) in [6.07, 6.45) is 3.39. The van der Waals surface area contributed by atoms with Crippen LogP contribution in [0.4, 0.5) is 0 Å². The summed E-state index contributed by atoms with van der Waals surface area (Å²) in [5, 5.41) is 0.896. The largest absolute Gasteiger partial charge is 0.372 e. The SMILES string of the molecule is C=CCBr.C=CCn1c(=O)n(CC2CO2)c(=O)n(CC2CO2)c1=O.ClCC1CO1.O=c1[nH]c(=O)[nH]c(=O)[nH]1. The van der Waals surface area contributed by atoms with Crippen molar-refractivity contribution in [2.45, 2.75) is 37.9 Å². The summed E-state index contributed by atoms with van der Waals surface area (Å²) >= 11 is 8.40. The third-order valence-electron chi connectivity index (χ3n) is 4.64. The Balaban J connectivity index is 0.000000230. The summed E-state index contributed by atoms with van der Waals surface area (Å²) in [5.41, 5.74) is -4.26. The van der Waals surface area contributed by atoms with Crippen molar-refractivity contribution < 1.29 is 14.2 Å². The van der Waals surface area contributed by atoms with Crippen LogP contribution in [0.1, 0.15) is 0 Å². The number of allylic oxidation sites excluding steroid dienone is 2. The minimum atomic E-state index is -0.802. The molecule has 210 valence electrons. The average molecular weight is 624 g/mol. The highest BCUT2D eigenvalue weighted by Gasteiger charge is 2.29. The normalized spacial score (nSPS) is 19.8. The van der Waals surface area contributed by atoms with E-state index < -0.39 is 34.1 Å². The number of nitrogens with one attached hydrogen (secondary N) is 3. The number of ether oxygens (including phenoxy) is 3. The van der Waals surface area contributed by atoms with Gasteiger partial charge in [0.2, 0.25) is 0 Å². The molecule has 3 fully saturated rings. The van der Waals surface area contributed by atoms with Gasteiger partial charge in [-0.3, -0.25) is 15.0 Å². The molecule has 17 heteroatoms. The molecule has 0 bridgehead atoms. The number of H-pyrrole nitrogens is 3. The van der Waals surface area contributed by atoms with Crippen molar-refractivity contribution in [2.75, 3.05) is 31.0 Å². The smallest absolute Gasteiger partial charge is 0.336 e. The Hall–Kier alpha value is -3.05. The molecular formula is C21H28BrClN6O9. The molecule has 3 saturated heterocycles. The topological polar surface area (TPSA) is 202 Å². The molecule has 0 saturated carbocycles. The summed E-state index contributed by atoms with van der Waals surface area (Å²) in [4.78, 5) is 72.6. The third-order valence-corrected chi connectivity index (χ3v) is 5.44. The quantitative estimate of drug-likeness (QED) is 0.170. The van der Waals surface area contributed by atoms with Crippen molar-refractivity contribution in [3.8, 4) is 0 Å². The first-order valence-corrected chi connectivity index (χ1v) is 12.9. The fourth-order valence-electron chi connectivity index (χ4n) is 2.59. The maximum absolute atomic E-state index is 12.3. The highest BCUT2D eigenvalue weighted by molar-refractivity contribution is 9.09. The molecule has 3 aliphatic rings.